The zero-order valence-electron chi connectivity index (χ0n) is 32.5. The molecule has 48 heavy (non-hydrogen) atoms. The molecule has 0 saturated heterocycles. The van der Waals surface area contributed by atoms with Gasteiger partial charge in [-0.1, -0.05) is 181 Å². The second kappa shape index (κ2) is 36.8. The minimum Gasteiger partial charge on any atom is -0.464 e. The average Bonchev–Trinajstić information content (AvgIpc) is 3.08. The van der Waals surface area contributed by atoms with Crippen molar-refractivity contribution >= 4 is 17.8 Å². The van der Waals surface area contributed by atoms with Crippen molar-refractivity contribution in [3.8, 4) is 0 Å². The Bertz CT molecular complexity index is 694. The van der Waals surface area contributed by atoms with Gasteiger partial charge in [-0.05, 0) is 45.1 Å². The zero-order valence-corrected chi connectivity index (χ0v) is 32.5. The molecule has 0 fully saturated rings. The maximum atomic E-state index is 13.7. The van der Waals surface area contributed by atoms with Crippen LogP contribution in [0.3, 0.4) is 0 Å². The van der Waals surface area contributed by atoms with Crippen LogP contribution in [0.2, 0.25) is 0 Å². The van der Waals surface area contributed by atoms with Gasteiger partial charge in [0.1, 0.15) is 6.04 Å². The van der Waals surface area contributed by atoms with Crippen LogP contribution < -0.4 is 5.73 Å². The molecular weight excluding hydrogens is 596 g/mol. The molecule has 0 aromatic rings. The van der Waals surface area contributed by atoms with Gasteiger partial charge in [0.05, 0.1) is 6.61 Å². The fourth-order valence-corrected chi connectivity index (χ4v) is 6.59. The smallest absolute Gasteiger partial charge is 0.329 e. The maximum Gasteiger partial charge on any atom is 0.329 e. The zero-order chi connectivity index (χ0) is 35.3. The number of hydrogen-bond acceptors (Lipinski definition) is 5. The van der Waals surface area contributed by atoms with Crippen LogP contribution in [0.4, 0.5) is 0 Å². The lowest BCUT2D eigenvalue weighted by Gasteiger charge is -2.29. The van der Waals surface area contributed by atoms with Gasteiger partial charge < -0.3 is 10.5 Å². The molecular formula is C42H82N2O4. The molecule has 0 bridgehead atoms. The number of esters is 1. The van der Waals surface area contributed by atoms with E-state index in [-0.39, 0.29) is 11.8 Å². The highest BCUT2D eigenvalue weighted by molar-refractivity contribution is 5.99. The first-order valence-corrected chi connectivity index (χ1v) is 21.2. The van der Waals surface area contributed by atoms with Crippen LogP contribution in [0.15, 0.2) is 0 Å². The normalized spacial score (nSPS) is 11.9. The van der Waals surface area contributed by atoms with E-state index in [9.17, 15) is 14.4 Å². The lowest BCUT2D eigenvalue weighted by molar-refractivity contribution is -0.162. The number of ether oxygens (including phenoxy) is 1. The number of carbonyl (C=O) groups is 3. The van der Waals surface area contributed by atoms with Crippen LogP contribution >= 0.6 is 0 Å². The second-order valence-corrected chi connectivity index (χ2v) is 14.5. The second-order valence-electron chi connectivity index (χ2n) is 14.5. The highest BCUT2D eigenvalue weighted by atomic mass is 16.5. The number of rotatable bonds is 37. The molecule has 0 unspecified atom stereocenters. The van der Waals surface area contributed by atoms with E-state index in [2.05, 4.69) is 20.8 Å². The minimum absolute atomic E-state index is 0.201. The summed E-state index contributed by atoms with van der Waals surface area (Å²) in [7, 11) is 0. The van der Waals surface area contributed by atoms with Crippen LogP contribution in [0, 0.1) is 0 Å². The number of carbonyl (C=O) groups excluding carboxylic acids is 3. The van der Waals surface area contributed by atoms with Crippen molar-refractivity contribution in [2.75, 3.05) is 13.2 Å². The Morgan fingerprint density at radius 2 is 0.792 bits per heavy atom. The Balaban J connectivity index is 5.04. The fraction of sp³-hybridized carbons (Fsp3) is 0.929. The number of hydrogen-bond donors (Lipinski definition) is 1. The summed E-state index contributed by atoms with van der Waals surface area (Å²) >= 11 is 0. The van der Waals surface area contributed by atoms with Crippen molar-refractivity contribution in [2.45, 2.75) is 239 Å². The third-order valence-electron chi connectivity index (χ3n) is 9.78. The average molecular weight is 679 g/mol. The summed E-state index contributed by atoms with van der Waals surface area (Å²) in [5.74, 6) is -0.816. The van der Waals surface area contributed by atoms with Gasteiger partial charge in [0.15, 0.2) is 0 Å². The van der Waals surface area contributed by atoms with E-state index in [4.69, 9.17) is 10.5 Å². The molecule has 0 radical (unpaired) electrons. The molecule has 0 aliphatic carbocycles. The van der Waals surface area contributed by atoms with Crippen LogP contribution in [-0.2, 0) is 19.1 Å². The molecule has 0 saturated carbocycles. The van der Waals surface area contributed by atoms with E-state index in [1.807, 2.05) is 0 Å². The first-order chi connectivity index (χ1) is 23.5. The highest BCUT2D eigenvalue weighted by Crippen LogP contribution is 2.19. The molecule has 0 rings (SSSR count). The topological polar surface area (TPSA) is 89.7 Å². The summed E-state index contributed by atoms with van der Waals surface area (Å²) in [5, 5.41) is 0. The first kappa shape index (κ1) is 46.6. The predicted octanol–water partition coefficient (Wildman–Crippen LogP) is 12.1. The fourth-order valence-electron chi connectivity index (χ4n) is 6.59. The van der Waals surface area contributed by atoms with Gasteiger partial charge in [-0.25, -0.2) is 4.79 Å². The van der Waals surface area contributed by atoms with Crippen LogP contribution in [0.1, 0.15) is 233 Å². The summed E-state index contributed by atoms with van der Waals surface area (Å²) in [5.41, 5.74) is 5.78. The summed E-state index contributed by atoms with van der Waals surface area (Å²) in [6.45, 7) is 7.61. The minimum atomic E-state index is -0.836. The van der Waals surface area contributed by atoms with E-state index in [0.717, 1.165) is 64.2 Å². The quantitative estimate of drug-likeness (QED) is 0.0521. The van der Waals surface area contributed by atoms with Crippen molar-refractivity contribution in [1.29, 1.82) is 0 Å². The predicted molar refractivity (Wildman–Crippen MR) is 205 cm³/mol. The first-order valence-electron chi connectivity index (χ1n) is 21.2. The Kier molecular flexibility index (Phi) is 35.7. The number of nitrogens with two attached hydrogens (primary N) is 1. The largest absolute Gasteiger partial charge is 0.464 e. The van der Waals surface area contributed by atoms with Crippen molar-refractivity contribution in [3.63, 3.8) is 0 Å². The number of amides is 2. The number of nitrogens with zero attached hydrogens (tertiary/aromatic N) is 1. The van der Waals surface area contributed by atoms with Crippen molar-refractivity contribution in [2.24, 2.45) is 5.73 Å². The molecule has 0 heterocycles. The molecule has 0 aromatic heterocycles. The SMILES string of the molecule is CCCCCCCCCCCCOC(=O)[C@H](CCCCN)N(C(=O)CCCCCCCCCCC)C(=O)CCCCCCCCCCC. The van der Waals surface area contributed by atoms with Gasteiger partial charge in [-0.15, -0.1) is 0 Å². The maximum absolute atomic E-state index is 13.7. The third-order valence-corrected chi connectivity index (χ3v) is 9.78. The molecule has 0 aliphatic rings. The molecule has 1 atom stereocenters. The number of imide groups is 1. The summed E-state index contributed by atoms with van der Waals surface area (Å²) in [6.07, 6.45) is 35.7. The Morgan fingerprint density at radius 3 is 1.15 bits per heavy atom. The van der Waals surface area contributed by atoms with E-state index >= 15 is 0 Å². The van der Waals surface area contributed by atoms with Gasteiger partial charge >= 0.3 is 5.97 Å². The van der Waals surface area contributed by atoms with Crippen molar-refractivity contribution in [1.82, 2.24) is 4.90 Å². The Morgan fingerprint density at radius 1 is 0.458 bits per heavy atom. The number of unbranched alkanes of at least 4 members (excludes halogenated alkanes) is 26. The molecule has 0 aromatic carbocycles. The molecule has 6 heteroatoms. The van der Waals surface area contributed by atoms with E-state index in [0.29, 0.717) is 38.8 Å². The van der Waals surface area contributed by atoms with Gasteiger partial charge in [0.25, 0.3) is 0 Å². The molecule has 2 N–H and O–H groups in total. The molecule has 6 nitrogen and oxygen atoms in total. The lowest BCUT2D eigenvalue weighted by atomic mass is 10.0. The Labute approximate surface area is 298 Å². The molecule has 284 valence electrons. The highest BCUT2D eigenvalue weighted by Gasteiger charge is 2.34. The van der Waals surface area contributed by atoms with Gasteiger partial charge in [0, 0.05) is 12.8 Å². The van der Waals surface area contributed by atoms with Crippen molar-refractivity contribution in [3.05, 3.63) is 0 Å². The molecule has 0 spiro atoms. The van der Waals surface area contributed by atoms with E-state index in [1.165, 1.54) is 127 Å². The van der Waals surface area contributed by atoms with E-state index < -0.39 is 12.0 Å². The van der Waals surface area contributed by atoms with Crippen LogP contribution in [0.5, 0.6) is 0 Å². The third kappa shape index (κ3) is 28.4. The summed E-state index contributed by atoms with van der Waals surface area (Å²) < 4.78 is 5.77. The Hall–Kier alpha value is -1.43. The van der Waals surface area contributed by atoms with Crippen LogP contribution in [0.25, 0.3) is 0 Å². The molecule has 2 amide bonds. The van der Waals surface area contributed by atoms with Crippen LogP contribution in [-0.4, -0.2) is 41.9 Å². The van der Waals surface area contributed by atoms with E-state index in [1.54, 1.807) is 0 Å². The molecule has 0 aliphatic heterocycles. The summed E-state index contributed by atoms with van der Waals surface area (Å²) in [4.78, 5) is 42.1. The van der Waals surface area contributed by atoms with Gasteiger partial charge in [-0.2, -0.15) is 0 Å². The van der Waals surface area contributed by atoms with Gasteiger partial charge in [0.2, 0.25) is 11.8 Å². The lowest BCUT2D eigenvalue weighted by Crippen LogP contribution is -2.49. The standard InChI is InChI=1S/C42H82N2O4/c1-4-7-10-13-16-19-22-25-28-33-38-48-42(47)39(34-31-32-37-43)44(40(45)35-29-26-23-20-17-14-11-8-5-2)41(46)36-30-27-24-21-18-15-12-9-6-3/h39H,4-38,43H2,1-3H3/t39-/m0/s1. The monoisotopic (exact) mass is 679 g/mol. The van der Waals surface area contributed by atoms with Crippen molar-refractivity contribution < 1.29 is 19.1 Å². The summed E-state index contributed by atoms with van der Waals surface area (Å²) in [6, 6.07) is -0.836. The van der Waals surface area contributed by atoms with Gasteiger partial charge in [-0.3, -0.25) is 14.5 Å².